The fraction of sp³-hybridized carbons (Fsp3) is 0.438. The molecule has 3 rings (SSSR count). The van der Waals surface area contributed by atoms with Crippen molar-refractivity contribution in [3.63, 3.8) is 0 Å². The number of halogens is 2. The zero-order valence-electron chi connectivity index (χ0n) is 14.4. The van der Waals surface area contributed by atoms with Gasteiger partial charge in [-0.05, 0) is 31.4 Å². The van der Waals surface area contributed by atoms with Crippen LogP contribution in [0.1, 0.15) is 28.9 Å². The smallest absolute Gasteiger partial charge is 0.355 e. The highest BCUT2D eigenvalue weighted by molar-refractivity contribution is 14.2. The molecule has 1 atom stereocenters. The molecule has 1 saturated heterocycles. The van der Waals surface area contributed by atoms with Gasteiger partial charge in [0.2, 0.25) is 5.95 Å². The quantitative estimate of drug-likeness (QED) is 0.515. The van der Waals surface area contributed by atoms with Gasteiger partial charge in [0.15, 0.2) is 0 Å². The maximum absolute atomic E-state index is 12.1. The van der Waals surface area contributed by atoms with Gasteiger partial charge >= 0.3 is 5.97 Å². The van der Waals surface area contributed by atoms with Gasteiger partial charge in [0, 0.05) is 54.9 Å². The standard InChI is InChI=1S/C11H11IN4O2S.C5H9FO/c1-6-4-14-11(13)15-9(6)7-3-8(10(17)18-2)16(5-7)19-12;6-5-2-1-3-7-4-5/h3-5H,1-2H3,(H2,13,14,15);5H,1-4H2. The summed E-state index contributed by atoms with van der Waals surface area (Å²) in [6.07, 6.45) is 4.37. The molecule has 2 aromatic heterocycles. The summed E-state index contributed by atoms with van der Waals surface area (Å²) >= 11 is 2.09. The van der Waals surface area contributed by atoms with Gasteiger partial charge in [0.1, 0.15) is 11.9 Å². The molecule has 2 aromatic rings. The van der Waals surface area contributed by atoms with Crippen molar-refractivity contribution in [1.82, 2.24) is 13.9 Å². The van der Waals surface area contributed by atoms with Gasteiger partial charge in [-0.15, -0.1) is 0 Å². The molecule has 10 heteroatoms. The molecule has 0 amide bonds. The predicted octanol–water partition coefficient (Wildman–Crippen LogP) is 3.60. The zero-order chi connectivity index (χ0) is 19.1. The van der Waals surface area contributed by atoms with E-state index < -0.39 is 12.1 Å². The molecule has 0 aliphatic carbocycles. The molecule has 1 aliphatic rings. The number of anilines is 1. The molecule has 0 radical (unpaired) electrons. The number of methoxy groups -OCH3 is 1. The predicted molar refractivity (Wildman–Crippen MR) is 108 cm³/mol. The molecule has 1 aliphatic heterocycles. The topological polar surface area (TPSA) is 92.3 Å². The fourth-order valence-corrected chi connectivity index (χ4v) is 3.67. The molecule has 26 heavy (non-hydrogen) atoms. The average molecular weight is 494 g/mol. The molecule has 3 heterocycles. The second-order valence-corrected chi connectivity index (χ2v) is 7.29. The summed E-state index contributed by atoms with van der Waals surface area (Å²) in [5.41, 5.74) is 8.46. The molecule has 7 nitrogen and oxygen atoms in total. The summed E-state index contributed by atoms with van der Waals surface area (Å²) in [4.78, 5) is 19.8. The highest BCUT2D eigenvalue weighted by Gasteiger charge is 2.17. The maximum atomic E-state index is 12.1. The maximum Gasteiger partial charge on any atom is 0.355 e. The van der Waals surface area contributed by atoms with Gasteiger partial charge in [-0.2, -0.15) is 0 Å². The molecule has 2 N–H and O–H groups in total. The minimum Gasteiger partial charge on any atom is -0.464 e. The van der Waals surface area contributed by atoms with Crippen LogP contribution in [0.5, 0.6) is 0 Å². The highest BCUT2D eigenvalue weighted by atomic mass is 127. The minimum atomic E-state index is -0.686. The molecule has 1 unspecified atom stereocenters. The van der Waals surface area contributed by atoms with Crippen LogP contribution in [0, 0.1) is 6.92 Å². The van der Waals surface area contributed by atoms with Crippen molar-refractivity contribution in [2.45, 2.75) is 25.9 Å². The van der Waals surface area contributed by atoms with E-state index >= 15 is 0 Å². The van der Waals surface area contributed by atoms with E-state index in [9.17, 15) is 9.18 Å². The summed E-state index contributed by atoms with van der Waals surface area (Å²) < 4.78 is 23.3. The van der Waals surface area contributed by atoms with E-state index in [1.54, 1.807) is 16.2 Å². The summed E-state index contributed by atoms with van der Waals surface area (Å²) in [6.45, 7) is 2.96. The monoisotopic (exact) mass is 494 g/mol. The number of nitrogen functional groups attached to an aromatic ring is 1. The number of esters is 1. The fourth-order valence-electron chi connectivity index (χ4n) is 2.33. The summed E-state index contributed by atoms with van der Waals surface area (Å²) in [5, 5.41) is 0. The molecular weight excluding hydrogens is 474 g/mol. The van der Waals surface area contributed by atoms with E-state index in [0.717, 1.165) is 24.2 Å². The van der Waals surface area contributed by atoms with Gasteiger partial charge in [-0.25, -0.2) is 19.2 Å². The molecule has 0 aromatic carbocycles. The first-order valence-electron chi connectivity index (χ1n) is 7.87. The largest absolute Gasteiger partial charge is 0.464 e. The van der Waals surface area contributed by atoms with Crippen LogP contribution in [0.15, 0.2) is 18.5 Å². The van der Waals surface area contributed by atoms with Crippen molar-refractivity contribution in [1.29, 1.82) is 0 Å². The van der Waals surface area contributed by atoms with Crippen LogP contribution >= 0.6 is 30.3 Å². The van der Waals surface area contributed by atoms with Crippen molar-refractivity contribution >= 4 is 42.2 Å². The molecular formula is C16H20FIN4O3S. The third-order valence-corrected chi connectivity index (χ3v) is 5.35. The summed E-state index contributed by atoms with van der Waals surface area (Å²) in [7, 11) is 2.73. The number of carbonyl (C=O) groups is 1. The SMILES string of the molecule is COC(=O)c1cc(-c2nc(N)ncc2C)cn1SI.FC1CCCOC1. The number of hydrogen-bond donors (Lipinski definition) is 1. The Hall–Kier alpha value is -1.40. The number of nitrogens with two attached hydrogens (primary N) is 1. The van der Waals surface area contributed by atoms with Crippen LogP contribution in [0.2, 0.25) is 0 Å². The van der Waals surface area contributed by atoms with Crippen LogP contribution < -0.4 is 5.73 Å². The van der Waals surface area contributed by atoms with Crippen molar-refractivity contribution in [2.75, 3.05) is 26.1 Å². The lowest BCUT2D eigenvalue weighted by Gasteiger charge is -2.13. The Labute approximate surface area is 167 Å². The van der Waals surface area contributed by atoms with E-state index in [1.807, 2.05) is 13.1 Å². The number of aromatic nitrogens is 3. The number of aryl methyl sites for hydroxylation is 1. The van der Waals surface area contributed by atoms with Crippen molar-refractivity contribution < 1.29 is 18.7 Å². The number of rotatable bonds is 3. The molecule has 142 valence electrons. The van der Waals surface area contributed by atoms with Gasteiger partial charge in [0.25, 0.3) is 0 Å². The van der Waals surface area contributed by atoms with Crippen molar-refractivity contribution in [2.24, 2.45) is 0 Å². The van der Waals surface area contributed by atoms with Gasteiger partial charge in [0.05, 0.1) is 19.4 Å². The Balaban J connectivity index is 0.000000290. The average Bonchev–Trinajstić information content (AvgIpc) is 3.08. The Bertz CT molecular complexity index is 753. The van der Waals surface area contributed by atoms with Crippen LogP contribution in [-0.2, 0) is 9.47 Å². The Morgan fingerprint density at radius 1 is 1.58 bits per heavy atom. The first-order chi connectivity index (χ1) is 12.5. The zero-order valence-corrected chi connectivity index (χ0v) is 17.4. The Morgan fingerprint density at radius 3 is 2.88 bits per heavy atom. The normalized spacial score (nSPS) is 16.5. The first kappa shape index (κ1) is 20.9. The number of carbonyl (C=O) groups excluding carboxylic acids is 1. The van der Waals surface area contributed by atoms with Crippen molar-refractivity contribution in [3.05, 3.63) is 29.7 Å². The van der Waals surface area contributed by atoms with E-state index in [0.29, 0.717) is 24.4 Å². The van der Waals surface area contributed by atoms with Crippen LogP contribution in [0.4, 0.5) is 10.3 Å². The lowest BCUT2D eigenvalue weighted by Crippen LogP contribution is -2.17. The second-order valence-electron chi connectivity index (χ2n) is 5.57. The highest BCUT2D eigenvalue weighted by Crippen LogP contribution is 2.29. The molecule has 0 saturated carbocycles. The number of ether oxygens (including phenoxy) is 2. The van der Waals surface area contributed by atoms with Crippen LogP contribution in [0.3, 0.4) is 0 Å². The van der Waals surface area contributed by atoms with Crippen LogP contribution in [-0.4, -0.2) is 46.4 Å². The van der Waals surface area contributed by atoms with E-state index in [-0.39, 0.29) is 5.95 Å². The number of hydrogen-bond acceptors (Lipinski definition) is 7. The van der Waals surface area contributed by atoms with Gasteiger partial charge < -0.3 is 15.2 Å². The third-order valence-electron chi connectivity index (χ3n) is 3.62. The second kappa shape index (κ2) is 10.1. The van der Waals surface area contributed by atoms with Gasteiger partial charge in [-0.1, -0.05) is 0 Å². The lowest BCUT2D eigenvalue weighted by molar-refractivity contribution is 0.0366. The first-order valence-corrected chi connectivity index (χ1v) is 11.2. The molecule has 0 bridgehead atoms. The summed E-state index contributed by atoms with van der Waals surface area (Å²) in [5.74, 6) is -0.190. The van der Waals surface area contributed by atoms with E-state index in [4.69, 9.17) is 15.2 Å². The Morgan fingerprint density at radius 2 is 2.35 bits per heavy atom. The van der Waals surface area contributed by atoms with Gasteiger partial charge in [-0.3, -0.25) is 3.97 Å². The van der Waals surface area contributed by atoms with E-state index in [1.165, 1.54) is 16.2 Å². The molecule has 0 spiro atoms. The number of nitrogens with zero attached hydrogens (tertiary/aromatic N) is 3. The lowest BCUT2D eigenvalue weighted by atomic mass is 10.1. The third kappa shape index (κ3) is 5.55. The minimum absolute atomic E-state index is 0.204. The summed E-state index contributed by atoms with van der Waals surface area (Å²) in [6, 6.07) is 1.73. The van der Waals surface area contributed by atoms with E-state index in [2.05, 4.69) is 31.2 Å². The molecule has 1 fully saturated rings. The number of alkyl halides is 1. The van der Waals surface area contributed by atoms with Crippen molar-refractivity contribution in [3.8, 4) is 11.3 Å². The van der Waals surface area contributed by atoms with Crippen LogP contribution in [0.25, 0.3) is 11.3 Å². The Kier molecular flexibility index (Phi) is 8.10.